The van der Waals surface area contributed by atoms with Gasteiger partial charge in [0.25, 0.3) is 0 Å². The highest BCUT2D eigenvalue weighted by Crippen LogP contribution is 2.23. The van der Waals surface area contributed by atoms with Gasteiger partial charge in [0.15, 0.2) is 0 Å². The van der Waals surface area contributed by atoms with Gasteiger partial charge in [-0.05, 0) is 90.4 Å². The number of likely N-dealkylation sites (N-methyl/N-ethyl adjacent to an activating group) is 1. The van der Waals surface area contributed by atoms with E-state index < -0.39 is 0 Å². The maximum Gasteiger partial charge on any atom is 0.305 e. The third kappa shape index (κ3) is 49.3. The lowest BCUT2D eigenvalue weighted by Crippen LogP contribution is -2.33. The summed E-state index contributed by atoms with van der Waals surface area (Å²) in [7, 11) is 4.35. The van der Waals surface area contributed by atoms with E-state index in [2.05, 4.69) is 51.6 Å². The Kier molecular flexibility index (Phi) is 52.3. The Morgan fingerprint density at radius 3 is 0.864 bits per heavy atom. The third-order valence-electron chi connectivity index (χ3n) is 14.4. The summed E-state index contributed by atoms with van der Waals surface area (Å²) in [5.41, 5.74) is 0. The van der Waals surface area contributed by atoms with Crippen LogP contribution >= 0.6 is 0 Å². The van der Waals surface area contributed by atoms with Crippen LogP contribution in [0, 0.1) is 11.8 Å². The zero-order valence-electron chi connectivity index (χ0n) is 46.0. The van der Waals surface area contributed by atoms with E-state index in [0.717, 1.165) is 38.8 Å². The van der Waals surface area contributed by atoms with Crippen LogP contribution in [0.25, 0.3) is 0 Å². The van der Waals surface area contributed by atoms with Gasteiger partial charge >= 0.3 is 11.9 Å². The van der Waals surface area contributed by atoms with Crippen LogP contribution in [0.4, 0.5) is 0 Å². The first-order valence-electron chi connectivity index (χ1n) is 30.0. The topological polar surface area (TPSA) is 59.1 Å². The molecule has 66 heavy (non-hydrogen) atoms. The molecule has 394 valence electrons. The van der Waals surface area contributed by atoms with Crippen molar-refractivity contribution in [2.24, 2.45) is 11.8 Å². The molecule has 0 bridgehead atoms. The second kappa shape index (κ2) is 53.2. The minimum atomic E-state index is 0.0282. The Morgan fingerprint density at radius 1 is 0.318 bits per heavy atom. The molecule has 6 heteroatoms. The number of nitrogens with zero attached hydrogens (tertiary/aromatic N) is 2. The summed E-state index contributed by atoms with van der Waals surface area (Å²) in [6.45, 7) is 15.0. The van der Waals surface area contributed by atoms with Gasteiger partial charge < -0.3 is 19.3 Å². The average Bonchev–Trinajstić information content (AvgIpc) is 3.31. The molecule has 0 amide bonds. The Balaban J connectivity index is 4.34. The van der Waals surface area contributed by atoms with E-state index in [-0.39, 0.29) is 11.9 Å². The number of hydrogen-bond donors (Lipinski definition) is 0. The zero-order chi connectivity index (χ0) is 48.2. The SMILES string of the molecule is CCCCCCCCCCC(CCCCCCCC)COC(=O)CCCCCCCN(CCCCCCCC(=O)OCC(CCCCCCCC)CCCCCCCCCC)CCN(C)C. The lowest BCUT2D eigenvalue weighted by molar-refractivity contribution is -0.146. The Bertz CT molecular complexity index is 904. The van der Waals surface area contributed by atoms with Crippen LogP contribution in [0.2, 0.25) is 0 Å². The van der Waals surface area contributed by atoms with Gasteiger partial charge in [-0.15, -0.1) is 0 Å². The molecule has 0 aromatic carbocycles. The number of rotatable bonds is 55. The highest BCUT2D eigenvalue weighted by Gasteiger charge is 2.14. The lowest BCUT2D eigenvalue weighted by atomic mass is 9.94. The molecule has 0 saturated heterocycles. The first-order valence-corrected chi connectivity index (χ1v) is 30.0. The third-order valence-corrected chi connectivity index (χ3v) is 14.4. The second-order valence-electron chi connectivity index (χ2n) is 21.4. The van der Waals surface area contributed by atoms with Crippen molar-refractivity contribution in [3.8, 4) is 0 Å². The molecule has 2 unspecified atom stereocenters. The summed E-state index contributed by atoms with van der Waals surface area (Å²) in [4.78, 5) is 30.4. The normalized spacial score (nSPS) is 12.7. The Hall–Kier alpha value is -1.14. The van der Waals surface area contributed by atoms with Crippen molar-refractivity contribution in [2.45, 2.75) is 310 Å². The molecule has 2 atom stereocenters. The second-order valence-corrected chi connectivity index (χ2v) is 21.4. The van der Waals surface area contributed by atoms with Crippen LogP contribution < -0.4 is 0 Å². The van der Waals surface area contributed by atoms with Crippen molar-refractivity contribution in [3.05, 3.63) is 0 Å². The van der Waals surface area contributed by atoms with E-state index in [1.165, 1.54) is 257 Å². The van der Waals surface area contributed by atoms with Gasteiger partial charge in [0.1, 0.15) is 0 Å². The summed E-state index contributed by atoms with van der Waals surface area (Å²) in [6.07, 6.45) is 55.3. The van der Waals surface area contributed by atoms with Gasteiger partial charge in [-0.1, -0.05) is 246 Å². The van der Waals surface area contributed by atoms with E-state index in [1.807, 2.05) is 0 Å². The maximum absolute atomic E-state index is 12.7. The van der Waals surface area contributed by atoms with Crippen molar-refractivity contribution in [3.63, 3.8) is 0 Å². The van der Waals surface area contributed by atoms with Gasteiger partial charge in [-0.25, -0.2) is 0 Å². The fraction of sp³-hybridized carbons (Fsp3) is 0.967. The molecule has 0 aliphatic carbocycles. The standard InChI is InChI=1S/C60H120N2O4/c1-7-11-15-19-23-25-31-39-47-57(45-37-29-21-17-13-9-3)55-65-59(63)49-41-33-27-35-43-51-62(54-53-61(5)6)52-44-36-28-34-42-50-60(64)66-56-58(46-38-30-22-18-14-10-4)48-40-32-26-24-20-16-12-8-2/h57-58H,7-56H2,1-6H3. The number of unbranched alkanes of at least 4 members (excludes halogenated alkanes) is 32. The van der Waals surface area contributed by atoms with Crippen LogP contribution in [0.1, 0.15) is 310 Å². The van der Waals surface area contributed by atoms with Crippen molar-refractivity contribution in [1.82, 2.24) is 9.80 Å². The maximum atomic E-state index is 12.7. The first kappa shape index (κ1) is 64.9. The summed E-state index contributed by atoms with van der Waals surface area (Å²) in [5, 5.41) is 0. The highest BCUT2D eigenvalue weighted by atomic mass is 16.5. The van der Waals surface area contributed by atoms with E-state index in [4.69, 9.17) is 9.47 Å². The van der Waals surface area contributed by atoms with Crippen LogP contribution in [0.3, 0.4) is 0 Å². The molecule has 0 saturated carbocycles. The molecular weight excluding hydrogens is 813 g/mol. The van der Waals surface area contributed by atoms with Crippen molar-refractivity contribution < 1.29 is 19.1 Å². The predicted octanol–water partition coefficient (Wildman–Crippen LogP) is 18.4. The van der Waals surface area contributed by atoms with E-state index in [1.54, 1.807) is 0 Å². The molecule has 0 heterocycles. The molecule has 0 aromatic heterocycles. The smallest absolute Gasteiger partial charge is 0.305 e. The van der Waals surface area contributed by atoms with Crippen LogP contribution in [0.15, 0.2) is 0 Å². The predicted molar refractivity (Wildman–Crippen MR) is 290 cm³/mol. The largest absolute Gasteiger partial charge is 0.465 e. The van der Waals surface area contributed by atoms with Crippen molar-refractivity contribution in [1.29, 1.82) is 0 Å². The van der Waals surface area contributed by atoms with E-state index >= 15 is 0 Å². The van der Waals surface area contributed by atoms with Crippen LogP contribution in [-0.4, -0.2) is 75.2 Å². The van der Waals surface area contributed by atoms with Crippen LogP contribution in [-0.2, 0) is 19.1 Å². The molecule has 6 nitrogen and oxygen atoms in total. The molecular formula is C60H120N2O4. The minimum absolute atomic E-state index is 0.0282. The fourth-order valence-electron chi connectivity index (χ4n) is 9.70. The van der Waals surface area contributed by atoms with E-state index in [0.29, 0.717) is 37.9 Å². The Labute approximate surface area is 414 Å². The number of esters is 2. The monoisotopic (exact) mass is 933 g/mol. The van der Waals surface area contributed by atoms with Gasteiger partial charge in [0.2, 0.25) is 0 Å². The zero-order valence-corrected chi connectivity index (χ0v) is 46.0. The lowest BCUT2D eigenvalue weighted by Gasteiger charge is -2.24. The molecule has 0 aliphatic heterocycles. The highest BCUT2D eigenvalue weighted by molar-refractivity contribution is 5.69. The first-order chi connectivity index (χ1) is 32.4. The van der Waals surface area contributed by atoms with Gasteiger partial charge in [0.05, 0.1) is 13.2 Å². The molecule has 0 rings (SSSR count). The number of ether oxygens (including phenoxy) is 2. The summed E-state index contributed by atoms with van der Waals surface area (Å²) in [5.74, 6) is 1.15. The number of hydrogen-bond acceptors (Lipinski definition) is 6. The van der Waals surface area contributed by atoms with E-state index in [9.17, 15) is 9.59 Å². The molecule has 0 fully saturated rings. The Morgan fingerprint density at radius 2 is 0.576 bits per heavy atom. The molecule has 0 radical (unpaired) electrons. The quantitative estimate of drug-likeness (QED) is 0.0447. The van der Waals surface area contributed by atoms with Crippen molar-refractivity contribution in [2.75, 3.05) is 53.5 Å². The van der Waals surface area contributed by atoms with Crippen molar-refractivity contribution >= 4 is 11.9 Å². The summed E-state index contributed by atoms with van der Waals surface area (Å²) in [6, 6.07) is 0. The van der Waals surface area contributed by atoms with Gasteiger partial charge in [0, 0.05) is 25.9 Å². The number of carbonyl (C=O) groups is 2. The molecule has 0 spiro atoms. The van der Waals surface area contributed by atoms with Gasteiger partial charge in [-0.2, -0.15) is 0 Å². The summed E-state index contributed by atoms with van der Waals surface area (Å²) < 4.78 is 11.8. The fourth-order valence-corrected chi connectivity index (χ4v) is 9.70. The molecule has 0 aromatic rings. The van der Waals surface area contributed by atoms with Gasteiger partial charge in [-0.3, -0.25) is 9.59 Å². The van der Waals surface area contributed by atoms with Crippen LogP contribution in [0.5, 0.6) is 0 Å². The molecule has 0 aliphatic rings. The minimum Gasteiger partial charge on any atom is -0.465 e. The molecule has 0 N–H and O–H groups in total. The average molecular weight is 934 g/mol. The summed E-state index contributed by atoms with van der Waals surface area (Å²) >= 11 is 0. The number of carbonyl (C=O) groups excluding carboxylic acids is 2.